The highest BCUT2D eigenvalue weighted by Crippen LogP contribution is 2.13. The zero-order valence-electron chi connectivity index (χ0n) is 12.7. The third kappa shape index (κ3) is 7.17. The Morgan fingerprint density at radius 3 is 2.65 bits per heavy atom. The second kappa shape index (κ2) is 10.3. The Hall–Kier alpha value is -1.51. The van der Waals surface area contributed by atoms with Crippen LogP contribution in [0.15, 0.2) is 30.3 Å². The largest absolute Gasteiger partial charge is 0.465 e. The molecular weight excluding hydrogens is 250 g/mol. The third-order valence-electron chi connectivity index (χ3n) is 3.46. The molecule has 112 valence electrons. The van der Waals surface area contributed by atoms with Gasteiger partial charge < -0.3 is 10.1 Å². The van der Waals surface area contributed by atoms with E-state index in [1.54, 1.807) is 0 Å². The van der Waals surface area contributed by atoms with Crippen molar-refractivity contribution in [3.8, 4) is 0 Å². The number of anilines is 1. The Kier molecular flexibility index (Phi) is 8.52. The average Bonchev–Trinajstić information content (AvgIpc) is 2.48. The molecule has 0 aliphatic heterocycles. The summed E-state index contributed by atoms with van der Waals surface area (Å²) in [7, 11) is 0. The van der Waals surface area contributed by atoms with Crippen molar-refractivity contribution in [1.82, 2.24) is 0 Å². The van der Waals surface area contributed by atoms with Gasteiger partial charge in [-0.15, -0.1) is 0 Å². The number of unbranched alkanes of at least 4 members (excludes halogenated alkanes) is 1. The number of hydrogen-bond acceptors (Lipinski definition) is 3. The molecule has 0 spiro atoms. The Balaban J connectivity index is 2.13. The molecule has 1 aromatic rings. The van der Waals surface area contributed by atoms with Gasteiger partial charge in [-0.1, -0.05) is 51.3 Å². The number of ether oxygens (including phenoxy) is 1. The van der Waals surface area contributed by atoms with Crippen LogP contribution in [0, 0.1) is 5.92 Å². The number of nitrogens with one attached hydrogen (secondary N) is 1. The fourth-order valence-electron chi connectivity index (χ4n) is 2.05. The molecule has 1 N–H and O–H groups in total. The van der Waals surface area contributed by atoms with Crippen LogP contribution in [-0.2, 0) is 9.53 Å². The van der Waals surface area contributed by atoms with Crippen LogP contribution in [0.4, 0.5) is 5.69 Å². The first kappa shape index (κ1) is 16.5. The van der Waals surface area contributed by atoms with Crippen LogP contribution in [0.25, 0.3) is 0 Å². The van der Waals surface area contributed by atoms with E-state index in [4.69, 9.17) is 4.74 Å². The molecule has 0 radical (unpaired) electrons. The fraction of sp³-hybridized carbons (Fsp3) is 0.588. The molecule has 0 saturated heterocycles. The van der Waals surface area contributed by atoms with E-state index in [1.807, 2.05) is 30.3 Å². The normalized spacial score (nSPS) is 11.9. The van der Waals surface area contributed by atoms with Crippen LogP contribution in [0.5, 0.6) is 0 Å². The maximum absolute atomic E-state index is 11.7. The molecule has 0 bridgehead atoms. The van der Waals surface area contributed by atoms with Gasteiger partial charge in [-0.25, -0.2) is 0 Å². The van der Waals surface area contributed by atoms with Crippen LogP contribution in [0.3, 0.4) is 0 Å². The quantitative estimate of drug-likeness (QED) is 0.650. The summed E-state index contributed by atoms with van der Waals surface area (Å²) in [4.78, 5) is 11.7. The Bertz CT molecular complexity index is 365. The lowest BCUT2D eigenvalue weighted by Gasteiger charge is -2.14. The number of benzene rings is 1. The molecule has 0 amide bonds. The average molecular weight is 277 g/mol. The number of rotatable bonds is 10. The summed E-state index contributed by atoms with van der Waals surface area (Å²) in [5.41, 5.74) is 1.04. The molecule has 0 aliphatic carbocycles. The maximum Gasteiger partial charge on any atom is 0.307 e. The first-order valence-electron chi connectivity index (χ1n) is 7.70. The van der Waals surface area contributed by atoms with E-state index in [1.165, 1.54) is 12.8 Å². The number of para-hydroxylation sites is 1. The lowest BCUT2D eigenvalue weighted by molar-refractivity contribution is -0.144. The van der Waals surface area contributed by atoms with E-state index >= 15 is 0 Å². The molecule has 0 saturated carbocycles. The van der Waals surface area contributed by atoms with Crippen LogP contribution in [-0.4, -0.2) is 19.1 Å². The minimum atomic E-state index is -0.108. The standard InChI is InChI=1S/C17H27NO2/c1-3-5-9-15(4-2)14-20-17(19)12-13-18-16-10-7-6-8-11-16/h6-8,10-11,15,18H,3-5,9,12-14H2,1-2H3. The van der Waals surface area contributed by atoms with E-state index < -0.39 is 0 Å². The molecule has 0 aliphatic rings. The zero-order valence-corrected chi connectivity index (χ0v) is 12.7. The second-order valence-corrected chi connectivity index (χ2v) is 5.14. The minimum absolute atomic E-state index is 0.108. The summed E-state index contributed by atoms with van der Waals surface area (Å²) >= 11 is 0. The number of esters is 1. The number of hydrogen-bond donors (Lipinski definition) is 1. The minimum Gasteiger partial charge on any atom is -0.465 e. The van der Waals surface area contributed by atoms with Gasteiger partial charge in [0.1, 0.15) is 0 Å². The monoisotopic (exact) mass is 277 g/mol. The summed E-state index contributed by atoms with van der Waals surface area (Å²) in [6.45, 7) is 5.54. The summed E-state index contributed by atoms with van der Waals surface area (Å²) in [5.74, 6) is 0.407. The fourth-order valence-corrected chi connectivity index (χ4v) is 2.05. The van der Waals surface area contributed by atoms with E-state index in [-0.39, 0.29) is 5.97 Å². The highest BCUT2D eigenvalue weighted by molar-refractivity contribution is 5.70. The van der Waals surface area contributed by atoms with Gasteiger partial charge >= 0.3 is 5.97 Å². The van der Waals surface area contributed by atoms with Crippen molar-refractivity contribution in [2.75, 3.05) is 18.5 Å². The molecule has 0 fully saturated rings. The van der Waals surface area contributed by atoms with Crippen molar-refractivity contribution in [1.29, 1.82) is 0 Å². The molecule has 1 aromatic carbocycles. The Labute approximate surface area is 122 Å². The highest BCUT2D eigenvalue weighted by atomic mass is 16.5. The van der Waals surface area contributed by atoms with E-state index in [2.05, 4.69) is 19.2 Å². The summed E-state index contributed by atoms with van der Waals surface area (Å²) in [6.07, 6.45) is 5.06. The predicted molar refractivity (Wildman–Crippen MR) is 83.8 cm³/mol. The molecule has 1 unspecified atom stereocenters. The molecule has 0 heterocycles. The Morgan fingerprint density at radius 2 is 2.00 bits per heavy atom. The van der Waals surface area contributed by atoms with Crippen molar-refractivity contribution < 1.29 is 9.53 Å². The molecule has 3 nitrogen and oxygen atoms in total. The van der Waals surface area contributed by atoms with Crippen molar-refractivity contribution in [3.63, 3.8) is 0 Å². The summed E-state index contributed by atoms with van der Waals surface area (Å²) < 4.78 is 5.35. The Morgan fingerprint density at radius 1 is 1.25 bits per heavy atom. The number of carbonyl (C=O) groups excluding carboxylic acids is 1. The highest BCUT2D eigenvalue weighted by Gasteiger charge is 2.09. The van der Waals surface area contributed by atoms with Gasteiger partial charge in [-0.2, -0.15) is 0 Å². The third-order valence-corrected chi connectivity index (χ3v) is 3.46. The molecular formula is C17H27NO2. The topological polar surface area (TPSA) is 38.3 Å². The van der Waals surface area contributed by atoms with Gasteiger partial charge in [-0.05, 0) is 24.5 Å². The van der Waals surface area contributed by atoms with Gasteiger partial charge in [0.15, 0.2) is 0 Å². The second-order valence-electron chi connectivity index (χ2n) is 5.14. The van der Waals surface area contributed by atoms with Crippen molar-refractivity contribution in [3.05, 3.63) is 30.3 Å². The molecule has 1 rings (SSSR count). The van der Waals surface area contributed by atoms with Crippen molar-refractivity contribution in [2.45, 2.75) is 46.0 Å². The zero-order chi connectivity index (χ0) is 14.6. The van der Waals surface area contributed by atoms with Crippen LogP contribution in [0.1, 0.15) is 46.0 Å². The van der Waals surface area contributed by atoms with Gasteiger partial charge in [-0.3, -0.25) is 4.79 Å². The smallest absolute Gasteiger partial charge is 0.307 e. The first-order chi connectivity index (χ1) is 9.76. The van der Waals surface area contributed by atoms with E-state index in [0.717, 1.165) is 18.5 Å². The van der Waals surface area contributed by atoms with Gasteiger partial charge in [0.2, 0.25) is 0 Å². The van der Waals surface area contributed by atoms with Crippen LogP contribution < -0.4 is 5.32 Å². The van der Waals surface area contributed by atoms with E-state index in [9.17, 15) is 4.79 Å². The molecule has 20 heavy (non-hydrogen) atoms. The first-order valence-corrected chi connectivity index (χ1v) is 7.70. The molecule has 3 heteroatoms. The maximum atomic E-state index is 11.7. The SMILES string of the molecule is CCCCC(CC)COC(=O)CCNc1ccccc1. The summed E-state index contributed by atoms with van der Waals surface area (Å²) in [6, 6.07) is 9.90. The number of carbonyl (C=O) groups is 1. The predicted octanol–water partition coefficient (Wildman–Crippen LogP) is 4.25. The van der Waals surface area contributed by atoms with E-state index in [0.29, 0.717) is 25.5 Å². The van der Waals surface area contributed by atoms with Crippen molar-refractivity contribution in [2.24, 2.45) is 5.92 Å². The van der Waals surface area contributed by atoms with Gasteiger partial charge in [0, 0.05) is 12.2 Å². The van der Waals surface area contributed by atoms with Crippen LogP contribution in [0.2, 0.25) is 0 Å². The summed E-state index contributed by atoms with van der Waals surface area (Å²) in [5, 5.41) is 3.21. The lowest BCUT2D eigenvalue weighted by atomic mass is 10.0. The van der Waals surface area contributed by atoms with Gasteiger partial charge in [0.25, 0.3) is 0 Å². The lowest BCUT2D eigenvalue weighted by Crippen LogP contribution is -2.16. The van der Waals surface area contributed by atoms with Gasteiger partial charge in [0.05, 0.1) is 13.0 Å². The van der Waals surface area contributed by atoms with Crippen LogP contribution >= 0.6 is 0 Å². The molecule has 0 aromatic heterocycles. The molecule has 1 atom stereocenters. The van der Waals surface area contributed by atoms with Crippen molar-refractivity contribution >= 4 is 11.7 Å².